The molecule has 2 fully saturated rings. The molecule has 3 nitrogen and oxygen atoms in total. The maximum atomic E-state index is 4.46. The second-order valence-electron chi connectivity index (χ2n) is 6.69. The molecule has 2 aromatic heterocycles. The van der Waals surface area contributed by atoms with Crippen molar-refractivity contribution in [1.82, 2.24) is 14.7 Å². The summed E-state index contributed by atoms with van der Waals surface area (Å²) in [5, 5.41) is 3.74. The molecule has 106 valence electrons. The van der Waals surface area contributed by atoms with Crippen LogP contribution in [0.1, 0.15) is 38.3 Å². The number of hydrogen-bond donors (Lipinski definition) is 1. The first-order chi connectivity index (χ1) is 9.81. The van der Waals surface area contributed by atoms with Gasteiger partial charge in [-0.2, -0.15) is 0 Å². The van der Waals surface area contributed by atoms with Crippen LogP contribution in [0.4, 0.5) is 0 Å². The van der Waals surface area contributed by atoms with Crippen LogP contribution in [-0.4, -0.2) is 15.4 Å². The minimum atomic E-state index is 0.625. The fourth-order valence-corrected chi connectivity index (χ4v) is 4.44. The van der Waals surface area contributed by atoms with E-state index in [9.17, 15) is 0 Å². The Morgan fingerprint density at radius 3 is 3.10 bits per heavy atom. The zero-order chi connectivity index (χ0) is 13.5. The molecule has 4 rings (SSSR count). The molecule has 4 unspecified atom stereocenters. The summed E-state index contributed by atoms with van der Waals surface area (Å²) in [7, 11) is 0. The first-order valence-corrected chi connectivity index (χ1v) is 7.95. The van der Waals surface area contributed by atoms with Gasteiger partial charge in [-0.05, 0) is 56.1 Å². The Kier molecular flexibility index (Phi) is 3.03. The molecule has 20 heavy (non-hydrogen) atoms. The molecule has 2 bridgehead atoms. The Balaban J connectivity index is 1.42. The van der Waals surface area contributed by atoms with Gasteiger partial charge in [0.15, 0.2) is 0 Å². The highest BCUT2D eigenvalue weighted by molar-refractivity contribution is 5.39. The van der Waals surface area contributed by atoms with Crippen LogP contribution in [0.3, 0.4) is 0 Å². The lowest BCUT2D eigenvalue weighted by molar-refractivity contribution is 0.259. The predicted octanol–water partition coefficient (Wildman–Crippen LogP) is 3.25. The second kappa shape index (κ2) is 4.88. The van der Waals surface area contributed by atoms with Crippen molar-refractivity contribution in [2.75, 3.05) is 0 Å². The number of nitrogens with zero attached hydrogens (tertiary/aromatic N) is 2. The molecule has 0 aliphatic heterocycles. The van der Waals surface area contributed by atoms with Gasteiger partial charge in [0.05, 0.1) is 11.9 Å². The van der Waals surface area contributed by atoms with Gasteiger partial charge in [-0.25, -0.2) is 4.98 Å². The van der Waals surface area contributed by atoms with E-state index in [1.54, 1.807) is 0 Å². The number of pyridine rings is 1. The number of imidazole rings is 1. The molecule has 2 heterocycles. The summed E-state index contributed by atoms with van der Waals surface area (Å²) in [5.74, 6) is 2.92. The quantitative estimate of drug-likeness (QED) is 0.923. The number of rotatable bonds is 4. The van der Waals surface area contributed by atoms with E-state index < -0.39 is 0 Å². The van der Waals surface area contributed by atoms with Crippen molar-refractivity contribution >= 4 is 5.65 Å². The van der Waals surface area contributed by atoms with E-state index in [1.165, 1.54) is 31.4 Å². The highest BCUT2D eigenvalue weighted by atomic mass is 15.0. The first-order valence-electron chi connectivity index (χ1n) is 7.95. The molecule has 1 N–H and O–H groups in total. The largest absolute Gasteiger partial charge is 0.308 e. The maximum Gasteiger partial charge on any atom is 0.136 e. The molecule has 2 aromatic rings. The normalized spacial score (nSPS) is 30.1. The van der Waals surface area contributed by atoms with Crippen LogP contribution in [0.2, 0.25) is 0 Å². The van der Waals surface area contributed by atoms with Gasteiger partial charge in [0.2, 0.25) is 0 Å². The van der Waals surface area contributed by atoms with Crippen molar-refractivity contribution in [2.45, 2.75) is 45.2 Å². The Hall–Kier alpha value is -1.35. The smallest absolute Gasteiger partial charge is 0.136 e. The van der Waals surface area contributed by atoms with E-state index in [4.69, 9.17) is 0 Å². The molecule has 2 aliphatic rings. The lowest BCUT2D eigenvalue weighted by atomic mass is 9.84. The van der Waals surface area contributed by atoms with Crippen molar-refractivity contribution in [3.63, 3.8) is 0 Å². The van der Waals surface area contributed by atoms with Gasteiger partial charge < -0.3 is 9.72 Å². The van der Waals surface area contributed by atoms with Crippen molar-refractivity contribution < 1.29 is 0 Å². The van der Waals surface area contributed by atoms with Gasteiger partial charge in [-0.15, -0.1) is 0 Å². The van der Waals surface area contributed by atoms with Crippen LogP contribution in [0.15, 0.2) is 30.6 Å². The van der Waals surface area contributed by atoms with Crippen molar-refractivity contribution in [1.29, 1.82) is 0 Å². The van der Waals surface area contributed by atoms with Crippen molar-refractivity contribution in [2.24, 2.45) is 17.8 Å². The number of hydrogen-bond acceptors (Lipinski definition) is 2. The monoisotopic (exact) mass is 269 g/mol. The third kappa shape index (κ3) is 2.05. The summed E-state index contributed by atoms with van der Waals surface area (Å²) in [6.45, 7) is 3.29. The highest BCUT2D eigenvalue weighted by Gasteiger charge is 2.41. The average Bonchev–Trinajstić information content (AvgIpc) is 3.19. The summed E-state index contributed by atoms with van der Waals surface area (Å²) in [4.78, 5) is 4.46. The number of fused-ring (bicyclic) bond motifs is 3. The van der Waals surface area contributed by atoms with Gasteiger partial charge in [-0.3, -0.25) is 0 Å². The first kappa shape index (κ1) is 12.4. The summed E-state index contributed by atoms with van der Waals surface area (Å²) in [5.41, 5.74) is 2.30. The van der Waals surface area contributed by atoms with Crippen molar-refractivity contribution in [3.05, 3.63) is 36.3 Å². The van der Waals surface area contributed by atoms with Crippen LogP contribution in [0.25, 0.3) is 5.65 Å². The minimum absolute atomic E-state index is 0.625. The standard InChI is InChI=1S/C17H23N3/c1-12(16-9-13-5-6-14(16)8-13)18-10-15-11-19-17-4-2-3-7-20(15)17/h2-4,7,11-14,16,18H,5-6,8-10H2,1H3. The van der Waals surface area contributed by atoms with E-state index >= 15 is 0 Å². The van der Waals surface area contributed by atoms with Gasteiger partial charge in [0.1, 0.15) is 5.65 Å². The van der Waals surface area contributed by atoms with Gasteiger partial charge in [0.25, 0.3) is 0 Å². The molecule has 2 saturated carbocycles. The number of nitrogens with one attached hydrogen (secondary N) is 1. The molecule has 0 amide bonds. The Morgan fingerprint density at radius 1 is 1.35 bits per heavy atom. The fraction of sp³-hybridized carbons (Fsp3) is 0.588. The molecule has 2 aliphatic carbocycles. The third-order valence-corrected chi connectivity index (χ3v) is 5.53. The van der Waals surface area contributed by atoms with E-state index in [0.717, 1.165) is 29.9 Å². The Bertz CT molecular complexity index is 603. The third-order valence-electron chi connectivity index (χ3n) is 5.53. The van der Waals surface area contributed by atoms with Crippen LogP contribution in [0, 0.1) is 17.8 Å². The Labute approximate surface area is 120 Å². The molecule has 3 heteroatoms. The van der Waals surface area contributed by atoms with Crippen molar-refractivity contribution in [3.8, 4) is 0 Å². The summed E-state index contributed by atoms with van der Waals surface area (Å²) in [6.07, 6.45) is 9.99. The second-order valence-corrected chi connectivity index (χ2v) is 6.69. The van der Waals surface area contributed by atoms with Crippen LogP contribution in [0.5, 0.6) is 0 Å². The summed E-state index contributed by atoms with van der Waals surface area (Å²) >= 11 is 0. The zero-order valence-corrected chi connectivity index (χ0v) is 12.1. The molecular weight excluding hydrogens is 246 g/mol. The van der Waals surface area contributed by atoms with E-state index in [-0.39, 0.29) is 0 Å². The van der Waals surface area contributed by atoms with E-state index in [2.05, 4.69) is 40.0 Å². The molecule has 0 radical (unpaired) electrons. The average molecular weight is 269 g/mol. The molecule has 0 aromatic carbocycles. The zero-order valence-electron chi connectivity index (χ0n) is 12.1. The summed E-state index contributed by atoms with van der Waals surface area (Å²) < 4.78 is 2.18. The van der Waals surface area contributed by atoms with Gasteiger partial charge in [-0.1, -0.05) is 12.5 Å². The van der Waals surface area contributed by atoms with Gasteiger partial charge >= 0.3 is 0 Å². The SMILES string of the molecule is CC(NCc1cnc2ccccn12)C1CC2CCC1C2. The van der Waals surface area contributed by atoms with Crippen LogP contribution < -0.4 is 5.32 Å². The predicted molar refractivity (Wildman–Crippen MR) is 80.4 cm³/mol. The lowest BCUT2D eigenvalue weighted by Crippen LogP contribution is -2.36. The topological polar surface area (TPSA) is 29.3 Å². The molecule has 4 atom stereocenters. The highest BCUT2D eigenvalue weighted by Crippen LogP contribution is 2.49. The maximum absolute atomic E-state index is 4.46. The lowest BCUT2D eigenvalue weighted by Gasteiger charge is -2.28. The van der Waals surface area contributed by atoms with Gasteiger partial charge in [0, 0.05) is 18.8 Å². The van der Waals surface area contributed by atoms with E-state index in [0.29, 0.717) is 6.04 Å². The number of aromatic nitrogens is 2. The molecular formula is C17H23N3. The Morgan fingerprint density at radius 2 is 2.30 bits per heavy atom. The summed E-state index contributed by atoms with van der Waals surface area (Å²) in [6, 6.07) is 6.79. The molecule has 0 spiro atoms. The van der Waals surface area contributed by atoms with E-state index in [1.807, 2.05) is 12.3 Å². The fourth-order valence-electron chi connectivity index (χ4n) is 4.44. The van der Waals surface area contributed by atoms with Crippen LogP contribution in [-0.2, 0) is 6.54 Å². The molecule has 0 saturated heterocycles. The minimum Gasteiger partial charge on any atom is -0.308 e. The van der Waals surface area contributed by atoms with Crippen LogP contribution >= 0.6 is 0 Å².